The highest BCUT2D eigenvalue weighted by atomic mass is 32.2. The number of amides is 1. The van der Waals surface area contributed by atoms with Gasteiger partial charge < -0.3 is 9.73 Å². The third-order valence-corrected chi connectivity index (χ3v) is 6.38. The number of hydrogen-bond donors (Lipinski definition) is 1. The highest BCUT2D eigenvalue weighted by molar-refractivity contribution is 7.90. The maximum Gasteiger partial charge on any atom is 0.270 e. The zero-order chi connectivity index (χ0) is 17.8. The summed E-state index contributed by atoms with van der Waals surface area (Å²) in [6.45, 7) is 4.35. The van der Waals surface area contributed by atoms with E-state index in [4.69, 9.17) is 4.42 Å². The summed E-state index contributed by atoms with van der Waals surface area (Å²) < 4.78 is 28.6. The molecule has 0 aliphatic carbocycles. The summed E-state index contributed by atoms with van der Waals surface area (Å²) in [5.41, 5.74) is 0.591. The Bertz CT molecular complexity index is 927. The molecule has 5 heterocycles. The predicted octanol–water partition coefficient (Wildman–Crippen LogP) is 1.44. The molecule has 3 fully saturated rings. The number of fused-ring (bicyclic) bond motifs is 4. The number of carbonyl (C=O) groups is 1. The number of nitrogens with zero attached hydrogens (tertiary/aromatic N) is 2. The van der Waals surface area contributed by atoms with E-state index in [2.05, 4.69) is 22.1 Å². The summed E-state index contributed by atoms with van der Waals surface area (Å²) in [5.74, 6) is 0.262. The van der Waals surface area contributed by atoms with E-state index >= 15 is 0 Å². The molecule has 0 aromatic carbocycles. The van der Waals surface area contributed by atoms with Gasteiger partial charge in [-0.3, -0.25) is 14.7 Å². The van der Waals surface area contributed by atoms with Gasteiger partial charge >= 0.3 is 0 Å². The molecule has 0 saturated carbocycles. The molecule has 8 heteroatoms. The number of hydrogen-bond acceptors (Lipinski definition) is 6. The molecule has 1 amide bonds. The maximum atomic E-state index is 12.6. The molecule has 2 atom stereocenters. The van der Waals surface area contributed by atoms with Gasteiger partial charge in [0.15, 0.2) is 0 Å². The van der Waals surface area contributed by atoms with Gasteiger partial charge in [0, 0.05) is 42.1 Å². The smallest absolute Gasteiger partial charge is 0.270 e. The van der Waals surface area contributed by atoms with Gasteiger partial charge in [0.2, 0.25) is 14.9 Å². The number of aromatic nitrogens is 1. The van der Waals surface area contributed by atoms with Crippen LogP contribution in [-0.2, 0) is 9.84 Å². The molecule has 5 rings (SSSR count). The molecule has 25 heavy (non-hydrogen) atoms. The molecule has 134 valence electrons. The van der Waals surface area contributed by atoms with Crippen molar-refractivity contribution in [1.29, 1.82) is 0 Å². The van der Waals surface area contributed by atoms with E-state index in [-0.39, 0.29) is 22.7 Å². The van der Waals surface area contributed by atoms with Gasteiger partial charge in [0.05, 0.1) is 0 Å². The fourth-order valence-corrected chi connectivity index (χ4v) is 4.57. The van der Waals surface area contributed by atoms with Crippen molar-refractivity contribution in [2.45, 2.75) is 36.9 Å². The molecule has 0 spiro atoms. The SMILES string of the molecule is C[C@H]1[C@H](NC(=O)c2cc3oc(S(C)(=O)=O)cc3cn2)C2CCN1CC2. The minimum atomic E-state index is -3.43. The van der Waals surface area contributed by atoms with Crippen molar-refractivity contribution in [3.63, 3.8) is 0 Å². The molecule has 3 saturated heterocycles. The van der Waals surface area contributed by atoms with Crippen molar-refractivity contribution in [3.05, 3.63) is 24.0 Å². The van der Waals surface area contributed by atoms with Crippen LogP contribution in [0.1, 0.15) is 30.3 Å². The van der Waals surface area contributed by atoms with Crippen LogP contribution in [0.4, 0.5) is 0 Å². The topological polar surface area (TPSA) is 92.5 Å². The lowest BCUT2D eigenvalue weighted by Gasteiger charge is -2.49. The average molecular weight is 363 g/mol. The Morgan fingerprint density at radius 2 is 2.04 bits per heavy atom. The minimum absolute atomic E-state index is 0.118. The number of piperidine rings is 3. The van der Waals surface area contributed by atoms with Crippen LogP contribution in [0.15, 0.2) is 27.8 Å². The van der Waals surface area contributed by atoms with E-state index < -0.39 is 9.84 Å². The molecular formula is C17H21N3O4S. The Hall–Kier alpha value is -1.93. The predicted molar refractivity (Wildman–Crippen MR) is 92.1 cm³/mol. The molecular weight excluding hydrogens is 342 g/mol. The standard InChI is InChI=1S/C17H21N3O4S/c1-10-16(11-3-5-20(10)6-4-11)19-17(21)13-8-14-12(9-18-13)7-15(24-14)25(2,22)23/h7-11,16H,3-6H2,1-2H3,(H,19,21)/t10-,16-/m0/s1. The van der Waals surface area contributed by atoms with Gasteiger partial charge in [0.1, 0.15) is 11.3 Å². The van der Waals surface area contributed by atoms with Crippen LogP contribution < -0.4 is 5.32 Å². The highest BCUT2D eigenvalue weighted by Crippen LogP contribution is 2.32. The summed E-state index contributed by atoms with van der Waals surface area (Å²) in [5, 5.41) is 3.56. The Labute approximate surface area is 146 Å². The number of rotatable bonds is 3. The number of furan rings is 1. The van der Waals surface area contributed by atoms with Gasteiger partial charge in [-0.1, -0.05) is 0 Å². The van der Waals surface area contributed by atoms with Gasteiger partial charge in [-0.2, -0.15) is 0 Å². The molecule has 2 aromatic rings. The molecule has 3 aliphatic rings. The summed E-state index contributed by atoms with van der Waals surface area (Å²) in [6, 6.07) is 3.37. The van der Waals surface area contributed by atoms with Crippen molar-refractivity contribution in [2.24, 2.45) is 5.92 Å². The van der Waals surface area contributed by atoms with Gasteiger partial charge in [-0.15, -0.1) is 0 Å². The fourth-order valence-electron chi connectivity index (χ4n) is 3.99. The quantitative estimate of drug-likeness (QED) is 0.887. The fraction of sp³-hybridized carbons (Fsp3) is 0.529. The van der Waals surface area contributed by atoms with Gasteiger partial charge in [0.25, 0.3) is 5.91 Å². The molecule has 0 radical (unpaired) electrons. The van der Waals surface area contributed by atoms with Crippen LogP contribution in [0.3, 0.4) is 0 Å². The van der Waals surface area contributed by atoms with E-state index in [0.717, 1.165) is 32.2 Å². The van der Waals surface area contributed by atoms with Crippen molar-refractivity contribution < 1.29 is 17.6 Å². The Morgan fingerprint density at radius 1 is 1.32 bits per heavy atom. The van der Waals surface area contributed by atoms with Crippen molar-refractivity contribution >= 4 is 26.7 Å². The van der Waals surface area contributed by atoms with E-state index in [1.807, 2.05) is 0 Å². The lowest BCUT2D eigenvalue weighted by atomic mass is 9.79. The lowest BCUT2D eigenvalue weighted by molar-refractivity contribution is 0.0216. The van der Waals surface area contributed by atoms with Gasteiger partial charge in [-0.25, -0.2) is 8.42 Å². The Balaban J connectivity index is 1.58. The first kappa shape index (κ1) is 16.5. The largest absolute Gasteiger partial charge is 0.445 e. The van der Waals surface area contributed by atoms with Crippen LogP contribution in [0, 0.1) is 5.92 Å². The van der Waals surface area contributed by atoms with Crippen LogP contribution in [0.25, 0.3) is 11.0 Å². The first-order chi connectivity index (χ1) is 11.8. The number of sulfone groups is 1. The molecule has 7 nitrogen and oxygen atoms in total. The van der Waals surface area contributed by atoms with Gasteiger partial charge in [-0.05, 0) is 38.8 Å². The van der Waals surface area contributed by atoms with Crippen LogP contribution in [-0.4, -0.2) is 55.6 Å². The molecule has 1 N–H and O–H groups in total. The number of pyridine rings is 1. The average Bonchev–Trinajstić information content (AvgIpc) is 3.02. The zero-order valence-corrected chi connectivity index (χ0v) is 15.0. The second-order valence-electron chi connectivity index (χ2n) is 7.06. The molecule has 0 unspecified atom stereocenters. The lowest BCUT2D eigenvalue weighted by Crippen LogP contribution is -2.62. The Morgan fingerprint density at radius 3 is 2.68 bits per heavy atom. The monoisotopic (exact) mass is 363 g/mol. The van der Waals surface area contributed by atoms with E-state index in [0.29, 0.717) is 22.9 Å². The second kappa shape index (κ2) is 5.81. The molecule has 2 bridgehead atoms. The molecule has 2 aromatic heterocycles. The third-order valence-electron chi connectivity index (χ3n) is 5.45. The normalized spacial score (nSPS) is 29.0. The first-order valence-corrected chi connectivity index (χ1v) is 10.4. The van der Waals surface area contributed by atoms with E-state index in [9.17, 15) is 13.2 Å². The third kappa shape index (κ3) is 2.93. The van der Waals surface area contributed by atoms with E-state index in [1.165, 1.54) is 18.3 Å². The highest BCUT2D eigenvalue weighted by Gasteiger charge is 2.40. The van der Waals surface area contributed by atoms with Crippen molar-refractivity contribution in [1.82, 2.24) is 15.2 Å². The number of nitrogens with one attached hydrogen (secondary N) is 1. The zero-order valence-electron chi connectivity index (χ0n) is 14.2. The van der Waals surface area contributed by atoms with Crippen LogP contribution in [0.5, 0.6) is 0 Å². The second-order valence-corrected chi connectivity index (χ2v) is 9.00. The summed E-state index contributed by atoms with van der Waals surface area (Å²) in [6.07, 6.45) is 4.78. The van der Waals surface area contributed by atoms with Crippen LogP contribution in [0.2, 0.25) is 0 Å². The summed E-state index contributed by atoms with van der Waals surface area (Å²) >= 11 is 0. The minimum Gasteiger partial charge on any atom is -0.445 e. The van der Waals surface area contributed by atoms with E-state index in [1.54, 1.807) is 0 Å². The summed E-state index contributed by atoms with van der Waals surface area (Å²) in [4.78, 5) is 19.2. The van der Waals surface area contributed by atoms with Crippen molar-refractivity contribution in [2.75, 3.05) is 19.3 Å². The van der Waals surface area contributed by atoms with Crippen molar-refractivity contribution in [3.8, 4) is 0 Å². The Kier molecular flexibility index (Phi) is 3.84. The van der Waals surface area contributed by atoms with Crippen LogP contribution >= 0.6 is 0 Å². The first-order valence-electron chi connectivity index (χ1n) is 8.47. The number of carbonyl (C=O) groups excluding carboxylic acids is 1. The molecule has 3 aliphatic heterocycles. The summed E-state index contributed by atoms with van der Waals surface area (Å²) in [7, 11) is -3.43. The maximum absolute atomic E-state index is 12.6.